The molecule has 0 saturated heterocycles. The first-order valence-corrected chi connectivity index (χ1v) is 2.55. The van der Waals surface area contributed by atoms with Crippen LogP contribution in [0, 0.1) is 6.42 Å². The van der Waals surface area contributed by atoms with Gasteiger partial charge in [-0.25, -0.2) is 5.06 Å². The second-order valence-corrected chi connectivity index (χ2v) is 1.66. The van der Waals surface area contributed by atoms with Crippen LogP contribution in [0.1, 0.15) is 6.42 Å². The first kappa shape index (κ1) is 8.90. The van der Waals surface area contributed by atoms with E-state index >= 15 is 0 Å². The van der Waals surface area contributed by atoms with E-state index in [1.54, 1.807) is 0 Å². The summed E-state index contributed by atoms with van der Waals surface area (Å²) in [6, 6.07) is 0. The van der Waals surface area contributed by atoms with Crippen LogP contribution in [0.2, 0.25) is 0 Å². The van der Waals surface area contributed by atoms with Gasteiger partial charge in [-0.05, 0) is 0 Å². The number of carboxylic acids is 1. The third-order valence-electron chi connectivity index (χ3n) is 0.812. The summed E-state index contributed by atoms with van der Waals surface area (Å²) in [7, 11) is 1.14. The maximum atomic E-state index is 10.4. The molecule has 5 heteroatoms. The van der Waals surface area contributed by atoms with E-state index in [1.807, 2.05) is 0 Å². The number of hydroxylamine groups is 2. The third-order valence-corrected chi connectivity index (χ3v) is 0.812. The highest BCUT2D eigenvalue weighted by Crippen LogP contribution is 1.90. The number of carbonyl (C=O) groups is 2. The molecule has 0 aliphatic rings. The van der Waals surface area contributed by atoms with E-state index in [-0.39, 0.29) is 6.42 Å². The number of carboxylic acid groups (broad SMARTS) is 1. The normalized spacial score (nSPS) is 9.00. The standard InChI is InChI=1S/C5H8NO4/c1-6(10)4(7)2-3-5(8)9/h3,10H,2H2,1H3,(H,8,9). The lowest BCUT2D eigenvalue weighted by Crippen LogP contribution is -2.23. The summed E-state index contributed by atoms with van der Waals surface area (Å²) in [5.74, 6) is -1.82. The van der Waals surface area contributed by atoms with E-state index in [1.165, 1.54) is 0 Å². The Kier molecular flexibility index (Phi) is 3.42. The van der Waals surface area contributed by atoms with Gasteiger partial charge in [0.25, 0.3) is 0 Å². The summed E-state index contributed by atoms with van der Waals surface area (Å²) in [5.41, 5.74) is 0. The molecule has 57 valence electrons. The van der Waals surface area contributed by atoms with Crippen molar-refractivity contribution in [1.29, 1.82) is 0 Å². The molecule has 0 spiro atoms. The number of amides is 1. The molecule has 0 aromatic heterocycles. The molecule has 0 unspecified atom stereocenters. The van der Waals surface area contributed by atoms with E-state index in [2.05, 4.69) is 0 Å². The number of aliphatic carboxylic acids is 1. The molecule has 0 aliphatic carbocycles. The number of carbonyl (C=O) groups excluding carboxylic acids is 1. The van der Waals surface area contributed by atoms with Crippen molar-refractivity contribution in [1.82, 2.24) is 5.06 Å². The highest BCUT2D eigenvalue weighted by Gasteiger charge is 2.07. The average molecular weight is 146 g/mol. The van der Waals surface area contributed by atoms with E-state index in [4.69, 9.17) is 10.3 Å². The van der Waals surface area contributed by atoms with Gasteiger partial charge in [-0.15, -0.1) is 0 Å². The van der Waals surface area contributed by atoms with Gasteiger partial charge in [-0.2, -0.15) is 0 Å². The van der Waals surface area contributed by atoms with Crippen molar-refractivity contribution in [3.05, 3.63) is 6.42 Å². The summed E-state index contributed by atoms with van der Waals surface area (Å²) in [5, 5.41) is 16.8. The summed E-state index contributed by atoms with van der Waals surface area (Å²) in [6.07, 6.45) is 0.484. The maximum Gasteiger partial charge on any atom is 0.307 e. The van der Waals surface area contributed by atoms with E-state index in [0.29, 0.717) is 5.06 Å². The van der Waals surface area contributed by atoms with Gasteiger partial charge in [-0.1, -0.05) is 0 Å². The van der Waals surface area contributed by atoms with Crippen molar-refractivity contribution < 1.29 is 19.9 Å². The van der Waals surface area contributed by atoms with Crippen LogP contribution in [0.3, 0.4) is 0 Å². The molecule has 0 aromatic carbocycles. The second-order valence-electron chi connectivity index (χ2n) is 1.66. The van der Waals surface area contributed by atoms with Gasteiger partial charge in [-0.3, -0.25) is 14.8 Å². The van der Waals surface area contributed by atoms with Crippen LogP contribution in [0.5, 0.6) is 0 Å². The summed E-state index contributed by atoms with van der Waals surface area (Å²) in [6.45, 7) is 0. The van der Waals surface area contributed by atoms with Gasteiger partial charge in [0.2, 0.25) is 5.91 Å². The fourth-order valence-electron chi connectivity index (χ4n) is 0.307. The first-order valence-electron chi connectivity index (χ1n) is 2.55. The number of hydrogen-bond acceptors (Lipinski definition) is 3. The highest BCUT2D eigenvalue weighted by molar-refractivity contribution is 5.85. The van der Waals surface area contributed by atoms with Gasteiger partial charge in [0.1, 0.15) is 0 Å². The number of rotatable bonds is 3. The molecule has 0 aromatic rings. The van der Waals surface area contributed by atoms with E-state index < -0.39 is 11.9 Å². The fourth-order valence-corrected chi connectivity index (χ4v) is 0.307. The molecule has 2 N–H and O–H groups in total. The monoisotopic (exact) mass is 146 g/mol. The summed E-state index contributed by atoms with van der Waals surface area (Å²) in [4.78, 5) is 20.2. The molecule has 5 nitrogen and oxygen atoms in total. The molecule has 0 bridgehead atoms. The number of nitrogens with zero attached hydrogens (tertiary/aromatic N) is 1. The molecule has 1 radical (unpaired) electrons. The zero-order chi connectivity index (χ0) is 8.15. The third kappa shape index (κ3) is 3.85. The Balaban J connectivity index is 3.50. The Hall–Kier alpha value is -1.10. The van der Waals surface area contributed by atoms with E-state index in [9.17, 15) is 9.59 Å². The molecule has 1 amide bonds. The zero-order valence-corrected chi connectivity index (χ0v) is 5.44. The Labute approximate surface area is 57.8 Å². The van der Waals surface area contributed by atoms with Gasteiger partial charge in [0.05, 0.1) is 6.42 Å². The predicted molar refractivity (Wildman–Crippen MR) is 31.1 cm³/mol. The van der Waals surface area contributed by atoms with Crippen LogP contribution in [-0.4, -0.2) is 34.3 Å². The van der Waals surface area contributed by atoms with Crippen LogP contribution in [-0.2, 0) is 9.59 Å². The largest absolute Gasteiger partial charge is 0.481 e. The summed E-state index contributed by atoms with van der Waals surface area (Å²) >= 11 is 0. The lowest BCUT2D eigenvalue weighted by Gasteiger charge is -2.05. The van der Waals surface area contributed by atoms with Crippen molar-refractivity contribution in [2.24, 2.45) is 0 Å². The van der Waals surface area contributed by atoms with Gasteiger partial charge in [0.15, 0.2) is 0 Å². The lowest BCUT2D eigenvalue weighted by atomic mass is 10.3. The maximum absolute atomic E-state index is 10.4. The predicted octanol–water partition coefficient (Wildman–Crippen LogP) is -0.487. The topological polar surface area (TPSA) is 77.8 Å². The second kappa shape index (κ2) is 3.84. The van der Waals surface area contributed by atoms with Crippen molar-refractivity contribution >= 4 is 11.9 Å². The van der Waals surface area contributed by atoms with Crippen LogP contribution >= 0.6 is 0 Å². The molecule has 0 fully saturated rings. The Morgan fingerprint density at radius 1 is 1.60 bits per heavy atom. The molecular weight excluding hydrogens is 138 g/mol. The van der Waals surface area contributed by atoms with Crippen LogP contribution in [0.15, 0.2) is 0 Å². The Bertz CT molecular complexity index is 143. The molecular formula is C5H8NO4. The minimum atomic E-state index is -1.17. The van der Waals surface area contributed by atoms with Crippen LogP contribution < -0.4 is 0 Å². The van der Waals surface area contributed by atoms with E-state index in [0.717, 1.165) is 13.5 Å². The molecule has 0 aliphatic heterocycles. The lowest BCUT2D eigenvalue weighted by molar-refractivity contribution is -0.159. The summed E-state index contributed by atoms with van der Waals surface area (Å²) < 4.78 is 0. The smallest absolute Gasteiger partial charge is 0.307 e. The molecule has 0 atom stereocenters. The van der Waals surface area contributed by atoms with Crippen molar-refractivity contribution in [3.8, 4) is 0 Å². The quantitative estimate of drug-likeness (QED) is 0.416. The minimum absolute atomic E-state index is 0.289. The van der Waals surface area contributed by atoms with Crippen molar-refractivity contribution in [2.45, 2.75) is 6.42 Å². The van der Waals surface area contributed by atoms with Crippen molar-refractivity contribution in [3.63, 3.8) is 0 Å². The van der Waals surface area contributed by atoms with Gasteiger partial charge < -0.3 is 5.11 Å². The molecule has 0 saturated carbocycles. The average Bonchev–Trinajstić information content (AvgIpc) is 1.82. The molecule has 0 rings (SSSR count). The van der Waals surface area contributed by atoms with Crippen LogP contribution in [0.25, 0.3) is 0 Å². The zero-order valence-electron chi connectivity index (χ0n) is 5.44. The van der Waals surface area contributed by atoms with Crippen LogP contribution in [0.4, 0.5) is 0 Å². The molecule has 0 heterocycles. The SMILES string of the molecule is CN(O)C(=O)C[CH]C(=O)O. The van der Waals surface area contributed by atoms with Gasteiger partial charge in [0, 0.05) is 13.5 Å². The number of hydrogen-bond donors (Lipinski definition) is 2. The van der Waals surface area contributed by atoms with Gasteiger partial charge >= 0.3 is 5.97 Å². The minimum Gasteiger partial charge on any atom is -0.481 e. The van der Waals surface area contributed by atoms with Crippen molar-refractivity contribution in [2.75, 3.05) is 7.05 Å². The fraction of sp³-hybridized carbons (Fsp3) is 0.400. The Morgan fingerprint density at radius 2 is 2.10 bits per heavy atom. The Morgan fingerprint density at radius 3 is 2.40 bits per heavy atom. The molecule has 10 heavy (non-hydrogen) atoms. The highest BCUT2D eigenvalue weighted by atomic mass is 16.5. The first-order chi connectivity index (χ1) is 4.54.